The number of carbonyl (C=O) groups is 1. The van der Waals surface area contributed by atoms with Crippen LogP contribution in [0.5, 0.6) is 0 Å². The minimum Gasteiger partial charge on any atom is -0.336 e. The summed E-state index contributed by atoms with van der Waals surface area (Å²) in [5.74, 6) is 0.683. The van der Waals surface area contributed by atoms with Gasteiger partial charge in [0, 0.05) is 12.5 Å². The number of hydrogen-bond acceptors (Lipinski definition) is 1. The van der Waals surface area contributed by atoms with E-state index in [-0.39, 0.29) is 17.9 Å². The van der Waals surface area contributed by atoms with Crippen LogP contribution < -0.4 is 0 Å². The lowest BCUT2D eigenvalue weighted by molar-refractivity contribution is -0.133. The molecule has 0 aromatic heterocycles. The molecule has 1 saturated heterocycles. The molecule has 0 bridgehead atoms. The fourth-order valence-corrected chi connectivity index (χ4v) is 3.47. The molecule has 0 N–H and O–H groups in total. The first-order valence-corrected chi connectivity index (χ1v) is 8.09. The number of hydrogen-bond donors (Lipinski definition) is 0. The zero-order valence-electron chi connectivity index (χ0n) is 13.3. The van der Waals surface area contributed by atoms with E-state index in [1.165, 1.54) is 11.1 Å². The van der Waals surface area contributed by atoms with Crippen LogP contribution in [0.2, 0.25) is 0 Å². The second-order valence-corrected chi connectivity index (χ2v) is 6.21. The van der Waals surface area contributed by atoms with Crippen molar-refractivity contribution in [2.75, 3.05) is 6.54 Å². The SMILES string of the molecule is C[C@H](c1ccccc1)[C@H]1CCN([C@@H](C)c2ccccc2)C1=O. The first-order chi connectivity index (χ1) is 10.7. The van der Waals surface area contributed by atoms with Crippen LogP contribution in [0, 0.1) is 5.92 Å². The normalized spacial score (nSPS) is 20.9. The van der Waals surface area contributed by atoms with E-state index in [9.17, 15) is 4.79 Å². The average molecular weight is 293 g/mol. The van der Waals surface area contributed by atoms with Crippen molar-refractivity contribution in [1.29, 1.82) is 0 Å². The highest BCUT2D eigenvalue weighted by Gasteiger charge is 2.38. The highest BCUT2D eigenvalue weighted by atomic mass is 16.2. The molecule has 1 heterocycles. The van der Waals surface area contributed by atoms with Crippen molar-refractivity contribution in [3.05, 3.63) is 71.8 Å². The lowest BCUT2D eigenvalue weighted by atomic mass is 9.86. The van der Waals surface area contributed by atoms with Gasteiger partial charge in [0.1, 0.15) is 0 Å². The molecule has 2 aromatic carbocycles. The molecule has 0 radical (unpaired) electrons. The molecule has 0 saturated carbocycles. The van der Waals surface area contributed by atoms with Crippen molar-refractivity contribution >= 4 is 5.91 Å². The summed E-state index contributed by atoms with van der Waals surface area (Å²) in [6.07, 6.45) is 0.950. The maximum atomic E-state index is 12.9. The van der Waals surface area contributed by atoms with Gasteiger partial charge in [0.05, 0.1) is 6.04 Å². The average Bonchev–Trinajstić information content (AvgIpc) is 2.96. The molecule has 114 valence electrons. The van der Waals surface area contributed by atoms with Crippen LogP contribution in [0.1, 0.15) is 43.4 Å². The number of benzene rings is 2. The van der Waals surface area contributed by atoms with E-state index in [2.05, 4.69) is 50.2 Å². The number of nitrogens with zero attached hydrogens (tertiary/aromatic N) is 1. The molecule has 3 atom stereocenters. The van der Waals surface area contributed by atoms with Crippen LogP contribution in [0.4, 0.5) is 0 Å². The first-order valence-electron chi connectivity index (χ1n) is 8.09. The Morgan fingerprint density at radius 2 is 1.45 bits per heavy atom. The molecule has 2 aromatic rings. The second-order valence-electron chi connectivity index (χ2n) is 6.21. The quantitative estimate of drug-likeness (QED) is 0.818. The van der Waals surface area contributed by atoms with Crippen LogP contribution in [-0.4, -0.2) is 17.4 Å². The Morgan fingerprint density at radius 1 is 0.909 bits per heavy atom. The van der Waals surface area contributed by atoms with Gasteiger partial charge >= 0.3 is 0 Å². The smallest absolute Gasteiger partial charge is 0.226 e. The van der Waals surface area contributed by atoms with Gasteiger partial charge in [-0.1, -0.05) is 67.6 Å². The summed E-state index contributed by atoms with van der Waals surface area (Å²) in [5.41, 5.74) is 2.47. The molecular weight excluding hydrogens is 270 g/mol. The van der Waals surface area contributed by atoms with Gasteiger partial charge in [-0.2, -0.15) is 0 Å². The molecular formula is C20H23NO. The van der Waals surface area contributed by atoms with Crippen LogP contribution in [0.15, 0.2) is 60.7 Å². The predicted molar refractivity (Wildman–Crippen MR) is 89.5 cm³/mol. The molecule has 22 heavy (non-hydrogen) atoms. The van der Waals surface area contributed by atoms with Crippen molar-refractivity contribution in [3.63, 3.8) is 0 Å². The number of amides is 1. The molecule has 0 unspecified atom stereocenters. The Bertz CT molecular complexity index is 567. The lowest BCUT2D eigenvalue weighted by Crippen LogP contribution is -2.31. The molecule has 0 spiro atoms. The third kappa shape index (κ3) is 2.78. The van der Waals surface area contributed by atoms with Crippen LogP contribution >= 0.6 is 0 Å². The molecule has 1 aliphatic rings. The van der Waals surface area contributed by atoms with E-state index in [0.29, 0.717) is 5.91 Å². The van der Waals surface area contributed by atoms with Crippen molar-refractivity contribution in [3.8, 4) is 0 Å². The predicted octanol–water partition coefficient (Wildman–Crippen LogP) is 4.40. The van der Waals surface area contributed by atoms with Crippen molar-refractivity contribution < 1.29 is 4.79 Å². The van der Waals surface area contributed by atoms with Gasteiger partial charge in [-0.15, -0.1) is 0 Å². The first kappa shape index (κ1) is 14.8. The van der Waals surface area contributed by atoms with Crippen LogP contribution in [0.3, 0.4) is 0 Å². The Labute approximate surface area is 132 Å². The van der Waals surface area contributed by atoms with E-state index >= 15 is 0 Å². The van der Waals surface area contributed by atoms with E-state index in [1.807, 2.05) is 29.2 Å². The molecule has 3 rings (SSSR count). The molecule has 0 aliphatic carbocycles. The molecule has 1 amide bonds. The Balaban J connectivity index is 1.75. The standard InChI is InChI=1S/C20H23NO/c1-15(17-9-5-3-6-10-17)19-13-14-21(20(19)22)16(2)18-11-7-4-8-12-18/h3-12,15-16,19H,13-14H2,1-2H3/t15-,16+,19-/m1/s1. The third-order valence-electron chi connectivity index (χ3n) is 4.96. The topological polar surface area (TPSA) is 20.3 Å². The minimum atomic E-state index is 0.105. The van der Waals surface area contributed by atoms with Gasteiger partial charge in [-0.3, -0.25) is 4.79 Å². The fraction of sp³-hybridized carbons (Fsp3) is 0.350. The van der Waals surface area contributed by atoms with Crippen molar-refractivity contribution in [2.45, 2.75) is 32.2 Å². The molecule has 1 aliphatic heterocycles. The zero-order chi connectivity index (χ0) is 15.5. The zero-order valence-corrected chi connectivity index (χ0v) is 13.3. The number of likely N-dealkylation sites (tertiary alicyclic amines) is 1. The summed E-state index contributed by atoms with van der Waals surface area (Å²) in [6, 6.07) is 20.8. The second kappa shape index (κ2) is 6.35. The van der Waals surface area contributed by atoms with E-state index in [1.54, 1.807) is 0 Å². The minimum absolute atomic E-state index is 0.105. The number of carbonyl (C=O) groups excluding carboxylic acids is 1. The van der Waals surface area contributed by atoms with Crippen LogP contribution in [-0.2, 0) is 4.79 Å². The Hall–Kier alpha value is -2.09. The largest absolute Gasteiger partial charge is 0.336 e. The summed E-state index contributed by atoms with van der Waals surface area (Å²) >= 11 is 0. The summed E-state index contributed by atoms with van der Waals surface area (Å²) in [6.45, 7) is 5.16. The fourth-order valence-electron chi connectivity index (χ4n) is 3.47. The van der Waals surface area contributed by atoms with Gasteiger partial charge in [-0.25, -0.2) is 0 Å². The highest BCUT2D eigenvalue weighted by Crippen LogP contribution is 2.36. The summed E-state index contributed by atoms with van der Waals surface area (Å²) in [7, 11) is 0. The Morgan fingerprint density at radius 3 is 2.05 bits per heavy atom. The van der Waals surface area contributed by atoms with Gasteiger partial charge in [-0.05, 0) is 30.4 Å². The van der Waals surface area contributed by atoms with Crippen molar-refractivity contribution in [2.24, 2.45) is 5.92 Å². The maximum Gasteiger partial charge on any atom is 0.226 e. The van der Waals surface area contributed by atoms with E-state index in [4.69, 9.17) is 0 Å². The highest BCUT2D eigenvalue weighted by molar-refractivity contribution is 5.82. The van der Waals surface area contributed by atoms with Crippen LogP contribution in [0.25, 0.3) is 0 Å². The van der Waals surface area contributed by atoms with Gasteiger partial charge in [0.25, 0.3) is 0 Å². The molecule has 2 nitrogen and oxygen atoms in total. The van der Waals surface area contributed by atoms with Gasteiger partial charge in [0.15, 0.2) is 0 Å². The lowest BCUT2D eigenvalue weighted by Gasteiger charge is -2.26. The molecule has 2 heteroatoms. The van der Waals surface area contributed by atoms with E-state index < -0.39 is 0 Å². The third-order valence-corrected chi connectivity index (χ3v) is 4.96. The van der Waals surface area contributed by atoms with Gasteiger partial charge < -0.3 is 4.90 Å². The summed E-state index contributed by atoms with van der Waals surface area (Å²) < 4.78 is 0. The van der Waals surface area contributed by atoms with E-state index in [0.717, 1.165) is 13.0 Å². The summed E-state index contributed by atoms with van der Waals surface area (Å²) in [5, 5.41) is 0. The Kier molecular flexibility index (Phi) is 4.28. The molecule has 1 fully saturated rings. The monoisotopic (exact) mass is 293 g/mol. The summed E-state index contributed by atoms with van der Waals surface area (Å²) in [4.78, 5) is 14.9. The van der Waals surface area contributed by atoms with Gasteiger partial charge in [0.2, 0.25) is 5.91 Å². The number of rotatable bonds is 4. The van der Waals surface area contributed by atoms with Crippen molar-refractivity contribution in [1.82, 2.24) is 4.90 Å². The maximum absolute atomic E-state index is 12.9.